The summed E-state index contributed by atoms with van der Waals surface area (Å²) in [5, 5.41) is 20.9. The number of aliphatic hydroxyl groups excluding tert-OH is 1. The second-order valence-electron chi connectivity index (χ2n) is 6.89. The number of carbonyl (C=O) groups excluding carboxylic acids is 2. The number of amides is 1. The number of phenolic OH excluding ortho intramolecular Hbond substituents is 1. The summed E-state index contributed by atoms with van der Waals surface area (Å²) >= 11 is 0. The molecule has 0 aliphatic carbocycles. The molecule has 1 aliphatic heterocycles. The Kier molecular flexibility index (Phi) is 6.74. The Bertz CT molecular complexity index is 950. The molecule has 7 nitrogen and oxygen atoms in total. The van der Waals surface area contributed by atoms with Crippen LogP contribution in [0, 0.1) is 0 Å². The molecule has 1 fully saturated rings. The Morgan fingerprint density at radius 1 is 1.13 bits per heavy atom. The summed E-state index contributed by atoms with van der Waals surface area (Å²) in [5.74, 6) is -1.06. The molecule has 1 amide bonds. The predicted molar refractivity (Wildman–Crippen MR) is 111 cm³/mol. The van der Waals surface area contributed by atoms with Crippen LogP contribution in [0.1, 0.15) is 30.5 Å². The van der Waals surface area contributed by atoms with Gasteiger partial charge in [0, 0.05) is 25.8 Å². The van der Waals surface area contributed by atoms with E-state index in [1.165, 1.54) is 17.0 Å². The molecule has 1 unspecified atom stereocenters. The maximum absolute atomic E-state index is 12.9. The second kappa shape index (κ2) is 9.45. The van der Waals surface area contributed by atoms with E-state index >= 15 is 0 Å². The number of hydrogen-bond acceptors (Lipinski definition) is 6. The Balaban J connectivity index is 2.07. The van der Waals surface area contributed by atoms with Crippen molar-refractivity contribution in [2.24, 2.45) is 0 Å². The zero-order valence-electron chi connectivity index (χ0n) is 17.0. The van der Waals surface area contributed by atoms with Crippen molar-refractivity contribution in [3.8, 4) is 11.5 Å². The third-order valence-electron chi connectivity index (χ3n) is 4.91. The summed E-state index contributed by atoms with van der Waals surface area (Å²) in [5.41, 5.74) is 0.935. The normalized spacial score (nSPS) is 18.1. The van der Waals surface area contributed by atoms with E-state index in [1.54, 1.807) is 43.5 Å². The van der Waals surface area contributed by atoms with Crippen LogP contribution in [0.15, 0.2) is 54.1 Å². The molecular weight excluding hydrogens is 386 g/mol. The molecule has 2 aromatic rings. The number of ketones is 1. The highest BCUT2D eigenvalue weighted by atomic mass is 16.5. The first-order valence-corrected chi connectivity index (χ1v) is 9.77. The number of hydrogen-bond donors (Lipinski definition) is 2. The van der Waals surface area contributed by atoms with Gasteiger partial charge in [-0.05, 0) is 55.3 Å². The van der Waals surface area contributed by atoms with Crippen LogP contribution in [0.25, 0.3) is 5.76 Å². The Morgan fingerprint density at radius 3 is 2.50 bits per heavy atom. The van der Waals surface area contributed by atoms with E-state index in [0.717, 1.165) is 0 Å². The van der Waals surface area contributed by atoms with Gasteiger partial charge in [0.15, 0.2) is 0 Å². The van der Waals surface area contributed by atoms with Crippen molar-refractivity contribution in [3.05, 3.63) is 65.2 Å². The highest BCUT2D eigenvalue weighted by Gasteiger charge is 2.45. The highest BCUT2D eigenvalue weighted by molar-refractivity contribution is 6.46. The van der Waals surface area contributed by atoms with Gasteiger partial charge in [-0.3, -0.25) is 9.59 Å². The van der Waals surface area contributed by atoms with Crippen molar-refractivity contribution in [1.82, 2.24) is 4.90 Å². The molecule has 0 bridgehead atoms. The average molecular weight is 411 g/mol. The van der Waals surface area contributed by atoms with Gasteiger partial charge in [0.25, 0.3) is 11.7 Å². The van der Waals surface area contributed by atoms with Gasteiger partial charge in [-0.2, -0.15) is 0 Å². The average Bonchev–Trinajstić information content (AvgIpc) is 2.99. The standard InChI is InChI=1S/C23H25NO6/c1-3-30-18-10-8-15(9-11-18)21(26)19-20(16-6-4-7-17(25)14-16)24(12-5-13-29-2)23(28)22(19)27/h4,6-11,14,20,25-26H,3,5,12-13H2,1-2H3/b21-19-. The van der Waals surface area contributed by atoms with Gasteiger partial charge in [0.2, 0.25) is 0 Å². The summed E-state index contributed by atoms with van der Waals surface area (Å²) in [4.78, 5) is 27.0. The number of aliphatic hydroxyl groups is 1. The molecule has 1 atom stereocenters. The van der Waals surface area contributed by atoms with Crippen molar-refractivity contribution >= 4 is 17.4 Å². The largest absolute Gasteiger partial charge is 0.508 e. The minimum atomic E-state index is -0.805. The quantitative estimate of drug-likeness (QED) is 0.300. The van der Waals surface area contributed by atoms with Crippen LogP contribution in [0.5, 0.6) is 11.5 Å². The molecule has 1 heterocycles. The summed E-state index contributed by atoms with van der Waals surface area (Å²) in [7, 11) is 1.56. The molecule has 3 rings (SSSR count). The first-order chi connectivity index (χ1) is 14.5. The van der Waals surface area contributed by atoms with Gasteiger partial charge in [-0.15, -0.1) is 0 Å². The summed E-state index contributed by atoms with van der Waals surface area (Å²) in [6, 6.07) is 12.2. The molecule has 30 heavy (non-hydrogen) atoms. The van der Waals surface area contributed by atoms with Crippen LogP contribution in [-0.2, 0) is 14.3 Å². The van der Waals surface area contributed by atoms with Crippen molar-refractivity contribution in [3.63, 3.8) is 0 Å². The monoisotopic (exact) mass is 411 g/mol. The number of carbonyl (C=O) groups is 2. The lowest BCUT2D eigenvalue weighted by molar-refractivity contribution is -0.140. The molecule has 158 valence electrons. The van der Waals surface area contributed by atoms with E-state index in [9.17, 15) is 19.8 Å². The van der Waals surface area contributed by atoms with E-state index in [-0.39, 0.29) is 23.6 Å². The van der Waals surface area contributed by atoms with E-state index in [0.29, 0.717) is 36.5 Å². The third-order valence-corrected chi connectivity index (χ3v) is 4.91. The van der Waals surface area contributed by atoms with Crippen LogP contribution >= 0.6 is 0 Å². The summed E-state index contributed by atoms with van der Waals surface area (Å²) in [6.45, 7) is 3.08. The zero-order valence-corrected chi connectivity index (χ0v) is 17.0. The fraction of sp³-hybridized carbons (Fsp3) is 0.304. The number of Topliss-reactive ketones (excluding diaryl/α,β-unsaturated/α-hetero) is 1. The molecule has 1 saturated heterocycles. The smallest absolute Gasteiger partial charge is 0.295 e. The van der Waals surface area contributed by atoms with Gasteiger partial charge in [0.1, 0.15) is 17.3 Å². The van der Waals surface area contributed by atoms with Crippen molar-refractivity contribution in [2.75, 3.05) is 26.9 Å². The first-order valence-electron chi connectivity index (χ1n) is 9.77. The minimum absolute atomic E-state index is 0.00724. The zero-order chi connectivity index (χ0) is 21.7. The summed E-state index contributed by atoms with van der Waals surface area (Å²) in [6.07, 6.45) is 0.530. The lowest BCUT2D eigenvalue weighted by atomic mass is 9.95. The van der Waals surface area contributed by atoms with E-state index < -0.39 is 17.7 Å². The van der Waals surface area contributed by atoms with Crippen LogP contribution in [0.2, 0.25) is 0 Å². The number of likely N-dealkylation sites (tertiary alicyclic amines) is 1. The van der Waals surface area contributed by atoms with E-state index in [4.69, 9.17) is 9.47 Å². The molecule has 0 radical (unpaired) electrons. The number of rotatable bonds is 8. The van der Waals surface area contributed by atoms with Crippen LogP contribution in [0.3, 0.4) is 0 Å². The number of aromatic hydroxyl groups is 1. The second-order valence-corrected chi connectivity index (χ2v) is 6.89. The van der Waals surface area contributed by atoms with Crippen LogP contribution < -0.4 is 4.74 Å². The highest BCUT2D eigenvalue weighted by Crippen LogP contribution is 2.40. The maximum atomic E-state index is 12.9. The molecule has 0 aromatic heterocycles. The van der Waals surface area contributed by atoms with E-state index in [2.05, 4.69) is 0 Å². The minimum Gasteiger partial charge on any atom is -0.508 e. The SMILES string of the molecule is CCOc1ccc(/C(O)=C2/C(=O)C(=O)N(CCCOC)C2c2cccc(O)c2)cc1. The Labute approximate surface area is 175 Å². The number of benzene rings is 2. The van der Waals surface area contributed by atoms with E-state index in [1.807, 2.05) is 6.92 Å². The van der Waals surface area contributed by atoms with Crippen LogP contribution in [0.4, 0.5) is 0 Å². The van der Waals surface area contributed by atoms with Gasteiger partial charge in [-0.1, -0.05) is 12.1 Å². The lowest BCUT2D eigenvalue weighted by Crippen LogP contribution is -2.31. The molecule has 0 saturated carbocycles. The fourth-order valence-electron chi connectivity index (χ4n) is 3.56. The molecule has 2 aromatic carbocycles. The number of ether oxygens (including phenoxy) is 2. The van der Waals surface area contributed by atoms with Crippen molar-refractivity contribution < 1.29 is 29.3 Å². The van der Waals surface area contributed by atoms with Gasteiger partial charge in [0.05, 0.1) is 18.2 Å². The van der Waals surface area contributed by atoms with Crippen LogP contribution in [-0.4, -0.2) is 53.7 Å². The van der Waals surface area contributed by atoms with Crippen molar-refractivity contribution in [1.29, 1.82) is 0 Å². The lowest BCUT2D eigenvalue weighted by Gasteiger charge is -2.25. The van der Waals surface area contributed by atoms with Gasteiger partial charge < -0.3 is 24.6 Å². The fourth-order valence-corrected chi connectivity index (χ4v) is 3.56. The third kappa shape index (κ3) is 4.31. The van der Waals surface area contributed by atoms with Gasteiger partial charge in [-0.25, -0.2) is 0 Å². The maximum Gasteiger partial charge on any atom is 0.295 e. The molecular formula is C23H25NO6. The number of nitrogens with zero attached hydrogens (tertiary/aromatic N) is 1. The summed E-state index contributed by atoms with van der Waals surface area (Å²) < 4.78 is 10.5. The predicted octanol–water partition coefficient (Wildman–Crippen LogP) is 3.25. The molecule has 7 heteroatoms. The molecule has 0 spiro atoms. The first kappa shape index (κ1) is 21.4. The Morgan fingerprint density at radius 2 is 1.87 bits per heavy atom. The number of methoxy groups -OCH3 is 1. The van der Waals surface area contributed by atoms with Crippen molar-refractivity contribution in [2.45, 2.75) is 19.4 Å². The topological polar surface area (TPSA) is 96.3 Å². The number of phenols is 1. The van der Waals surface area contributed by atoms with Gasteiger partial charge >= 0.3 is 0 Å². The Hall–Kier alpha value is -3.32. The molecule has 1 aliphatic rings. The molecule has 2 N–H and O–H groups in total.